The largest absolute Gasteiger partial charge is 0.299 e. The Bertz CT molecular complexity index is 887. The van der Waals surface area contributed by atoms with Crippen molar-refractivity contribution >= 4 is 33.2 Å². The topological polar surface area (TPSA) is 49.4 Å². The number of unbranched alkanes of at least 4 members (excludes halogenated alkanes) is 2. The van der Waals surface area contributed by atoms with Crippen LogP contribution in [0.1, 0.15) is 30.4 Å². The molecule has 2 aromatic carbocycles. The molecule has 0 aliphatic carbocycles. The molecule has 0 fully saturated rings. The summed E-state index contributed by atoms with van der Waals surface area (Å²) in [4.78, 5) is 2.54. The summed E-state index contributed by atoms with van der Waals surface area (Å²) >= 11 is 11.8. The zero-order chi connectivity index (χ0) is 19.3. The lowest BCUT2D eigenvalue weighted by molar-refractivity contribution is 0.248. The van der Waals surface area contributed by atoms with Gasteiger partial charge in [-0.1, -0.05) is 53.9 Å². The highest BCUT2D eigenvalue weighted by atomic mass is 35.5. The Balaban J connectivity index is 1.37. The number of halogens is 2. The van der Waals surface area contributed by atoms with Crippen molar-refractivity contribution in [3.05, 3.63) is 63.6 Å². The van der Waals surface area contributed by atoms with Gasteiger partial charge in [0.1, 0.15) is 4.90 Å². The quantitative estimate of drug-likeness (QED) is 0.631. The lowest BCUT2D eigenvalue weighted by Gasteiger charge is -2.28. The number of nitrogens with one attached hydrogen (secondary N) is 1. The highest BCUT2D eigenvalue weighted by molar-refractivity contribution is 7.89. The van der Waals surface area contributed by atoms with Crippen molar-refractivity contribution in [3.63, 3.8) is 0 Å². The zero-order valence-electron chi connectivity index (χ0n) is 15.1. The van der Waals surface area contributed by atoms with Gasteiger partial charge in [0.2, 0.25) is 10.0 Å². The number of benzene rings is 2. The second-order valence-corrected chi connectivity index (χ2v) is 9.41. The van der Waals surface area contributed by atoms with Crippen LogP contribution in [0.15, 0.2) is 47.4 Å². The van der Waals surface area contributed by atoms with Gasteiger partial charge in [-0.2, -0.15) is 0 Å². The van der Waals surface area contributed by atoms with Gasteiger partial charge in [-0.3, -0.25) is 4.90 Å². The monoisotopic (exact) mass is 426 g/mol. The van der Waals surface area contributed by atoms with Crippen LogP contribution in [0, 0.1) is 0 Å². The molecule has 146 valence electrons. The Kier molecular flexibility index (Phi) is 7.17. The van der Waals surface area contributed by atoms with E-state index < -0.39 is 10.0 Å². The van der Waals surface area contributed by atoms with Crippen molar-refractivity contribution in [1.82, 2.24) is 9.62 Å². The molecule has 0 spiro atoms. The minimum absolute atomic E-state index is 0.0700. The third-order valence-corrected chi connectivity index (χ3v) is 7.02. The molecule has 3 rings (SSSR count). The third-order valence-electron chi connectivity index (χ3n) is 4.84. The lowest BCUT2D eigenvalue weighted by atomic mass is 10.00. The van der Waals surface area contributed by atoms with Crippen LogP contribution in [-0.4, -0.2) is 33.0 Å². The highest BCUT2D eigenvalue weighted by Gasteiger charge is 2.18. The van der Waals surface area contributed by atoms with Gasteiger partial charge < -0.3 is 0 Å². The van der Waals surface area contributed by atoms with Crippen molar-refractivity contribution < 1.29 is 8.42 Å². The molecule has 0 amide bonds. The molecule has 27 heavy (non-hydrogen) atoms. The minimum Gasteiger partial charge on any atom is -0.299 e. The van der Waals surface area contributed by atoms with Crippen LogP contribution in [0.2, 0.25) is 10.0 Å². The molecule has 0 bridgehead atoms. The molecule has 0 saturated carbocycles. The van der Waals surface area contributed by atoms with Crippen LogP contribution in [0.4, 0.5) is 0 Å². The molecule has 2 aromatic rings. The molecule has 1 heterocycles. The highest BCUT2D eigenvalue weighted by Crippen LogP contribution is 2.24. The summed E-state index contributed by atoms with van der Waals surface area (Å²) in [5.41, 5.74) is 2.89. The molecular formula is C20H24Cl2N2O2S. The Hall–Kier alpha value is -1.11. The number of fused-ring (bicyclic) bond motifs is 1. The summed E-state index contributed by atoms with van der Waals surface area (Å²) in [6.45, 7) is 3.56. The van der Waals surface area contributed by atoms with Crippen LogP contribution in [-0.2, 0) is 23.0 Å². The van der Waals surface area contributed by atoms with Gasteiger partial charge in [0.25, 0.3) is 0 Å². The number of sulfonamides is 1. The Morgan fingerprint density at radius 2 is 1.78 bits per heavy atom. The van der Waals surface area contributed by atoms with Gasteiger partial charge >= 0.3 is 0 Å². The van der Waals surface area contributed by atoms with Gasteiger partial charge in [-0.15, -0.1) is 0 Å². The second-order valence-electron chi connectivity index (χ2n) is 6.83. The molecule has 0 atom stereocenters. The zero-order valence-corrected chi connectivity index (χ0v) is 17.5. The van der Waals surface area contributed by atoms with E-state index in [0.717, 1.165) is 45.3 Å². The summed E-state index contributed by atoms with van der Waals surface area (Å²) in [7, 11) is -3.60. The number of hydrogen-bond donors (Lipinski definition) is 1. The summed E-state index contributed by atoms with van der Waals surface area (Å²) in [5, 5.41) is 0.555. The maximum absolute atomic E-state index is 12.3. The molecule has 1 aliphatic rings. The van der Waals surface area contributed by atoms with Crippen molar-refractivity contribution in [2.24, 2.45) is 0 Å². The van der Waals surface area contributed by atoms with E-state index in [1.165, 1.54) is 29.3 Å². The number of rotatable bonds is 8. The first-order valence-electron chi connectivity index (χ1n) is 9.19. The maximum atomic E-state index is 12.3. The molecule has 0 aromatic heterocycles. The predicted octanol–water partition coefficient (Wildman–Crippen LogP) is 4.50. The van der Waals surface area contributed by atoms with Crippen LogP contribution >= 0.6 is 23.2 Å². The molecule has 0 unspecified atom stereocenters. The predicted molar refractivity (Wildman–Crippen MR) is 111 cm³/mol. The van der Waals surface area contributed by atoms with Gasteiger partial charge in [0.05, 0.1) is 5.02 Å². The average molecular weight is 427 g/mol. The second kappa shape index (κ2) is 9.39. The first kappa shape index (κ1) is 20.6. The van der Waals surface area contributed by atoms with E-state index in [9.17, 15) is 8.42 Å². The SMILES string of the molecule is O=S(=O)(NCCCCCN1CCc2ccccc2C1)c1ccc(Cl)cc1Cl. The molecule has 4 nitrogen and oxygen atoms in total. The van der Waals surface area contributed by atoms with E-state index in [1.54, 1.807) is 0 Å². The van der Waals surface area contributed by atoms with Gasteiger partial charge in [-0.25, -0.2) is 13.1 Å². The summed E-state index contributed by atoms with van der Waals surface area (Å²) < 4.78 is 27.2. The normalized spacial score (nSPS) is 14.9. The van der Waals surface area contributed by atoms with E-state index in [2.05, 4.69) is 33.9 Å². The van der Waals surface area contributed by atoms with Crippen LogP contribution in [0.3, 0.4) is 0 Å². The van der Waals surface area contributed by atoms with Crippen molar-refractivity contribution in [3.8, 4) is 0 Å². The molecular weight excluding hydrogens is 403 g/mol. The summed E-state index contributed by atoms with van der Waals surface area (Å²) in [6.07, 6.45) is 3.95. The third kappa shape index (κ3) is 5.69. The van der Waals surface area contributed by atoms with E-state index >= 15 is 0 Å². The molecule has 0 saturated heterocycles. The smallest absolute Gasteiger partial charge is 0.242 e. The van der Waals surface area contributed by atoms with E-state index in [-0.39, 0.29) is 9.92 Å². The molecule has 7 heteroatoms. The van der Waals surface area contributed by atoms with E-state index in [4.69, 9.17) is 23.2 Å². The van der Waals surface area contributed by atoms with Crippen LogP contribution in [0.5, 0.6) is 0 Å². The Morgan fingerprint density at radius 1 is 1.00 bits per heavy atom. The molecule has 1 aliphatic heterocycles. The fourth-order valence-electron chi connectivity index (χ4n) is 3.36. The molecule has 0 radical (unpaired) electrons. The first-order chi connectivity index (χ1) is 13.0. The van der Waals surface area contributed by atoms with E-state index in [1.807, 2.05) is 0 Å². The van der Waals surface area contributed by atoms with Gasteiger partial charge in [0.15, 0.2) is 0 Å². The van der Waals surface area contributed by atoms with Crippen LogP contribution < -0.4 is 4.72 Å². The van der Waals surface area contributed by atoms with Gasteiger partial charge in [0, 0.05) is 24.7 Å². The van der Waals surface area contributed by atoms with E-state index in [0.29, 0.717) is 11.6 Å². The average Bonchev–Trinajstić information content (AvgIpc) is 2.64. The maximum Gasteiger partial charge on any atom is 0.242 e. The Morgan fingerprint density at radius 3 is 2.56 bits per heavy atom. The van der Waals surface area contributed by atoms with Crippen molar-refractivity contribution in [2.45, 2.75) is 37.1 Å². The number of hydrogen-bond acceptors (Lipinski definition) is 3. The van der Waals surface area contributed by atoms with Crippen molar-refractivity contribution in [1.29, 1.82) is 0 Å². The summed E-state index contributed by atoms with van der Waals surface area (Å²) in [5.74, 6) is 0. The van der Waals surface area contributed by atoms with Gasteiger partial charge in [-0.05, 0) is 55.1 Å². The number of nitrogens with zero attached hydrogens (tertiary/aromatic N) is 1. The van der Waals surface area contributed by atoms with Crippen molar-refractivity contribution in [2.75, 3.05) is 19.6 Å². The fraction of sp³-hybridized carbons (Fsp3) is 0.400. The fourth-order valence-corrected chi connectivity index (χ4v) is 5.20. The molecule has 1 N–H and O–H groups in total. The minimum atomic E-state index is -3.60. The first-order valence-corrected chi connectivity index (χ1v) is 11.4. The van der Waals surface area contributed by atoms with Crippen LogP contribution in [0.25, 0.3) is 0 Å². The standard InChI is InChI=1S/C20H24Cl2N2O2S/c21-18-8-9-20(19(22)14-18)27(25,26)23-11-4-1-5-12-24-13-10-16-6-2-3-7-17(16)15-24/h2-3,6-9,14,23H,1,4-5,10-13,15H2. The lowest BCUT2D eigenvalue weighted by Crippen LogP contribution is -2.31. The summed E-state index contributed by atoms with van der Waals surface area (Å²) in [6, 6.07) is 13.0. The Labute approximate surface area is 171 Å².